The zero-order valence-corrected chi connectivity index (χ0v) is 14.2. The zero-order chi connectivity index (χ0) is 17.6. The van der Waals surface area contributed by atoms with E-state index in [9.17, 15) is 14.7 Å². The molecular formula is C18H25NO5. The van der Waals surface area contributed by atoms with Crippen LogP contribution in [0.2, 0.25) is 0 Å². The Balaban J connectivity index is 1.97. The first-order valence-electron chi connectivity index (χ1n) is 8.29. The third-order valence-corrected chi connectivity index (χ3v) is 4.19. The van der Waals surface area contributed by atoms with Crippen LogP contribution in [0, 0.1) is 5.92 Å². The molecule has 0 spiro atoms. The van der Waals surface area contributed by atoms with Crippen LogP contribution in [-0.2, 0) is 9.53 Å². The maximum atomic E-state index is 12.4. The van der Waals surface area contributed by atoms with Gasteiger partial charge in [-0.1, -0.05) is 13.8 Å². The number of amides is 1. The molecule has 1 aromatic carbocycles. The number of nitrogens with one attached hydrogen (secondary N) is 1. The second-order valence-corrected chi connectivity index (χ2v) is 6.51. The third kappa shape index (κ3) is 4.71. The average Bonchev–Trinajstić information content (AvgIpc) is 2.56. The molecular weight excluding hydrogens is 310 g/mol. The maximum Gasteiger partial charge on any atom is 0.329 e. The van der Waals surface area contributed by atoms with Crippen LogP contribution in [-0.4, -0.2) is 42.3 Å². The molecule has 0 aromatic heterocycles. The summed E-state index contributed by atoms with van der Waals surface area (Å²) in [6, 6.07) is 6.75. The lowest BCUT2D eigenvalue weighted by molar-refractivity contribution is -0.148. The van der Waals surface area contributed by atoms with E-state index in [1.165, 1.54) is 0 Å². The molecule has 1 fully saturated rings. The number of carboxylic acids is 1. The molecule has 132 valence electrons. The summed E-state index contributed by atoms with van der Waals surface area (Å²) in [6.45, 7) is 5.55. The number of benzene rings is 1. The Morgan fingerprint density at radius 3 is 2.42 bits per heavy atom. The number of ether oxygens (including phenoxy) is 2. The number of hydrogen-bond donors (Lipinski definition) is 2. The van der Waals surface area contributed by atoms with E-state index in [0.717, 1.165) is 6.42 Å². The maximum absolute atomic E-state index is 12.4. The molecule has 1 aliphatic rings. The Labute approximate surface area is 142 Å². The lowest BCUT2D eigenvalue weighted by atomic mass is 9.89. The predicted octanol–water partition coefficient (Wildman–Crippen LogP) is 2.48. The summed E-state index contributed by atoms with van der Waals surface area (Å²) in [5, 5.41) is 12.1. The van der Waals surface area contributed by atoms with Crippen molar-refractivity contribution in [3.05, 3.63) is 29.8 Å². The van der Waals surface area contributed by atoms with Gasteiger partial charge < -0.3 is 19.9 Å². The van der Waals surface area contributed by atoms with Gasteiger partial charge in [0.2, 0.25) is 0 Å². The molecule has 24 heavy (non-hydrogen) atoms. The van der Waals surface area contributed by atoms with E-state index in [-0.39, 0.29) is 12.8 Å². The van der Waals surface area contributed by atoms with Crippen molar-refractivity contribution in [3.63, 3.8) is 0 Å². The highest BCUT2D eigenvalue weighted by Gasteiger charge is 2.41. The standard InChI is InChI=1S/C18H25NO5/c1-13(2)7-10-24-15-5-3-14(4-6-15)16(20)19-18(17(21)22)8-11-23-12-9-18/h3-6,13H,7-12H2,1-2H3,(H,19,20)(H,21,22). The minimum Gasteiger partial charge on any atom is -0.494 e. The highest BCUT2D eigenvalue weighted by molar-refractivity contribution is 5.98. The SMILES string of the molecule is CC(C)CCOc1ccc(C(=O)NC2(C(=O)O)CCOCC2)cc1. The van der Waals surface area contributed by atoms with E-state index in [0.29, 0.717) is 37.1 Å². The van der Waals surface area contributed by atoms with Crippen molar-refractivity contribution in [1.29, 1.82) is 0 Å². The molecule has 1 aliphatic heterocycles. The van der Waals surface area contributed by atoms with Gasteiger partial charge in [-0.2, -0.15) is 0 Å². The summed E-state index contributed by atoms with van der Waals surface area (Å²) < 4.78 is 10.8. The summed E-state index contributed by atoms with van der Waals surface area (Å²) in [5.74, 6) is -0.145. The van der Waals surface area contributed by atoms with Crippen molar-refractivity contribution < 1.29 is 24.2 Å². The summed E-state index contributed by atoms with van der Waals surface area (Å²) in [7, 11) is 0. The van der Waals surface area contributed by atoms with Crippen LogP contribution < -0.4 is 10.1 Å². The number of carbonyl (C=O) groups is 2. The quantitative estimate of drug-likeness (QED) is 0.799. The number of rotatable bonds is 7. The van der Waals surface area contributed by atoms with Gasteiger partial charge in [0.25, 0.3) is 5.91 Å². The van der Waals surface area contributed by atoms with Crippen LogP contribution in [0.15, 0.2) is 24.3 Å². The van der Waals surface area contributed by atoms with Crippen LogP contribution in [0.25, 0.3) is 0 Å². The summed E-state index contributed by atoms with van der Waals surface area (Å²) >= 11 is 0. The molecule has 2 rings (SSSR count). The van der Waals surface area contributed by atoms with Gasteiger partial charge in [0, 0.05) is 31.6 Å². The van der Waals surface area contributed by atoms with E-state index in [1.54, 1.807) is 24.3 Å². The van der Waals surface area contributed by atoms with Crippen molar-refractivity contribution in [3.8, 4) is 5.75 Å². The van der Waals surface area contributed by atoms with Gasteiger partial charge in [0.1, 0.15) is 11.3 Å². The minimum atomic E-state index is -1.25. The highest BCUT2D eigenvalue weighted by Crippen LogP contribution is 2.22. The first kappa shape index (κ1) is 18.3. The van der Waals surface area contributed by atoms with Crippen molar-refractivity contribution in [2.45, 2.75) is 38.6 Å². The van der Waals surface area contributed by atoms with Crippen molar-refractivity contribution >= 4 is 11.9 Å². The fourth-order valence-corrected chi connectivity index (χ4v) is 2.52. The molecule has 1 heterocycles. The zero-order valence-electron chi connectivity index (χ0n) is 14.2. The fraction of sp³-hybridized carbons (Fsp3) is 0.556. The molecule has 0 radical (unpaired) electrons. The van der Waals surface area contributed by atoms with Crippen molar-refractivity contribution in [2.75, 3.05) is 19.8 Å². The predicted molar refractivity (Wildman–Crippen MR) is 89.3 cm³/mol. The topological polar surface area (TPSA) is 84.9 Å². The lowest BCUT2D eigenvalue weighted by Crippen LogP contribution is -2.57. The molecule has 1 aromatic rings. The molecule has 2 N–H and O–H groups in total. The number of aliphatic carboxylic acids is 1. The van der Waals surface area contributed by atoms with E-state index in [4.69, 9.17) is 9.47 Å². The van der Waals surface area contributed by atoms with E-state index in [2.05, 4.69) is 19.2 Å². The molecule has 6 nitrogen and oxygen atoms in total. The molecule has 0 bridgehead atoms. The van der Waals surface area contributed by atoms with Crippen LogP contribution >= 0.6 is 0 Å². The van der Waals surface area contributed by atoms with E-state index in [1.807, 2.05) is 0 Å². The Kier molecular flexibility index (Phi) is 6.20. The Morgan fingerprint density at radius 2 is 1.88 bits per heavy atom. The molecule has 0 saturated carbocycles. The van der Waals surface area contributed by atoms with Gasteiger partial charge in [0.05, 0.1) is 6.61 Å². The Hall–Kier alpha value is -2.08. The monoisotopic (exact) mass is 335 g/mol. The summed E-state index contributed by atoms with van der Waals surface area (Å²) in [6.07, 6.45) is 1.50. The number of carboxylic acid groups (broad SMARTS) is 1. The second kappa shape index (κ2) is 8.15. The van der Waals surface area contributed by atoms with Crippen LogP contribution in [0.4, 0.5) is 0 Å². The van der Waals surface area contributed by atoms with E-state index >= 15 is 0 Å². The summed E-state index contributed by atoms with van der Waals surface area (Å²) in [4.78, 5) is 24.0. The second-order valence-electron chi connectivity index (χ2n) is 6.51. The smallest absolute Gasteiger partial charge is 0.329 e. The van der Waals surface area contributed by atoms with Crippen LogP contribution in [0.3, 0.4) is 0 Å². The van der Waals surface area contributed by atoms with Crippen LogP contribution in [0.1, 0.15) is 43.5 Å². The fourth-order valence-electron chi connectivity index (χ4n) is 2.52. The van der Waals surface area contributed by atoms with Crippen molar-refractivity contribution in [2.24, 2.45) is 5.92 Å². The van der Waals surface area contributed by atoms with Gasteiger partial charge in [-0.05, 0) is 36.6 Å². The first-order valence-corrected chi connectivity index (χ1v) is 8.29. The van der Waals surface area contributed by atoms with Crippen LogP contribution in [0.5, 0.6) is 5.75 Å². The van der Waals surface area contributed by atoms with Gasteiger partial charge in [0.15, 0.2) is 0 Å². The normalized spacial score (nSPS) is 16.6. The average molecular weight is 335 g/mol. The molecule has 0 unspecified atom stereocenters. The highest BCUT2D eigenvalue weighted by atomic mass is 16.5. The largest absolute Gasteiger partial charge is 0.494 e. The van der Waals surface area contributed by atoms with Gasteiger partial charge in [-0.15, -0.1) is 0 Å². The lowest BCUT2D eigenvalue weighted by Gasteiger charge is -2.33. The summed E-state index contributed by atoms with van der Waals surface area (Å²) in [5.41, 5.74) is -0.833. The Bertz CT molecular complexity index is 561. The molecule has 6 heteroatoms. The van der Waals surface area contributed by atoms with Crippen molar-refractivity contribution in [1.82, 2.24) is 5.32 Å². The van der Waals surface area contributed by atoms with E-state index < -0.39 is 17.4 Å². The third-order valence-electron chi connectivity index (χ3n) is 4.19. The molecule has 1 amide bonds. The number of hydrogen-bond acceptors (Lipinski definition) is 4. The number of carbonyl (C=O) groups excluding carboxylic acids is 1. The van der Waals surface area contributed by atoms with Gasteiger partial charge >= 0.3 is 5.97 Å². The van der Waals surface area contributed by atoms with Gasteiger partial charge in [-0.25, -0.2) is 4.79 Å². The molecule has 0 aliphatic carbocycles. The molecule has 0 atom stereocenters. The molecule has 1 saturated heterocycles. The first-order chi connectivity index (χ1) is 11.4. The Morgan fingerprint density at radius 1 is 1.25 bits per heavy atom. The minimum absolute atomic E-state index is 0.268. The van der Waals surface area contributed by atoms with Gasteiger partial charge in [-0.3, -0.25) is 4.79 Å².